The van der Waals surface area contributed by atoms with Gasteiger partial charge in [-0.25, -0.2) is 10.8 Å². The Bertz CT molecular complexity index is 400. The molecule has 0 saturated heterocycles. The SMILES string of the molecule is COCCN=C(NN)Nc1cc(Cl)ccc1Br. The van der Waals surface area contributed by atoms with E-state index in [0.717, 1.165) is 10.2 Å². The second-order valence-electron chi connectivity index (χ2n) is 3.12. The average Bonchev–Trinajstić information content (AvgIpc) is 2.32. The van der Waals surface area contributed by atoms with Crippen LogP contribution in [0, 0.1) is 0 Å². The van der Waals surface area contributed by atoms with Crippen LogP contribution >= 0.6 is 27.5 Å². The van der Waals surface area contributed by atoms with Crippen LogP contribution < -0.4 is 16.6 Å². The van der Waals surface area contributed by atoms with Gasteiger partial charge >= 0.3 is 0 Å². The molecular weight excluding hydrogens is 307 g/mol. The zero-order valence-electron chi connectivity index (χ0n) is 9.34. The number of anilines is 1. The Labute approximate surface area is 113 Å². The Kier molecular flexibility index (Phi) is 6.28. The fourth-order valence-corrected chi connectivity index (χ4v) is 1.61. The maximum absolute atomic E-state index is 5.90. The number of nitrogens with zero attached hydrogens (tertiary/aromatic N) is 1. The monoisotopic (exact) mass is 320 g/mol. The summed E-state index contributed by atoms with van der Waals surface area (Å²) in [4.78, 5) is 4.18. The highest BCUT2D eigenvalue weighted by molar-refractivity contribution is 9.10. The molecule has 4 N–H and O–H groups in total. The third-order valence-corrected chi connectivity index (χ3v) is 2.81. The maximum atomic E-state index is 5.90. The Morgan fingerprint density at radius 1 is 1.59 bits per heavy atom. The molecule has 0 bridgehead atoms. The van der Waals surface area contributed by atoms with Crippen LogP contribution in [0.25, 0.3) is 0 Å². The Morgan fingerprint density at radius 2 is 2.35 bits per heavy atom. The summed E-state index contributed by atoms with van der Waals surface area (Å²) in [6.45, 7) is 1.05. The minimum absolute atomic E-state index is 0.449. The number of aliphatic imine (C=N–C) groups is 1. The van der Waals surface area contributed by atoms with Gasteiger partial charge in [-0.3, -0.25) is 5.43 Å². The van der Waals surface area contributed by atoms with Crippen LogP contribution in [0.15, 0.2) is 27.7 Å². The van der Waals surface area contributed by atoms with Gasteiger partial charge < -0.3 is 10.1 Å². The van der Waals surface area contributed by atoms with E-state index in [0.29, 0.717) is 24.1 Å². The van der Waals surface area contributed by atoms with Gasteiger partial charge in [-0.2, -0.15) is 0 Å². The van der Waals surface area contributed by atoms with Gasteiger partial charge in [-0.05, 0) is 34.1 Å². The van der Waals surface area contributed by atoms with Crippen LogP contribution in [0.5, 0.6) is 0 Å². The lowest BCUT2D eigenvalue weighted by Gasteiger charge is -2.11. The van der Waals surface area contributed by atoms with Gasteiger partial charge in [0.15, 0.2) is 0 Å². The van der Waals surface area contributed by atoms with E-state index < -0.39 is 0 Å². The average molecular weight is 322 g/mol. The van der Waals surface area contributed by atoms with E-state index in [1.54, 1.807) is 19.2 Å². The molecule has 5 nitrogen and oxygen atoms in total. The summed E-state index contributed by atoms with van der Waals surface area (Å²) in [6, 6.07) is 5.40. The lowest BCUT2D eigenvalue weighted by Crippen LogP contribution is -2.36. The van der Waals surface area contributed by atoms with E-state index in [4.69, 9.17) is 22.2 Å². The summed E-state index contributed by atoms with van der Waals surface area (Å²) in [5, 5.41) is 3.65. The highest BCUT2D eigenvalue weighted by Gasteiger charge is 2.03. The van der Waals surface area contributed by atoms with Gasteiger partial charge in [-0.1, -0.05) is 11.6 Å². The van der Waals surface area contributed by atoms with Crippen molar-refractivity contribution in [3.05, 3.63) is 27.7 Å². The summed E-state index contributed by atoms with van der Waals surface area (Å²) >= 11 is 9.30. The van der Waals surface area contributed by atoms with Crippen LogP contribution in [0.4, 0.5) is 5.69 Å². The van der Waals surface area contributed by atoms with Crippen molar-refractivity contribution in [1.82, 2.24) is 5.43 Å². The number of methoxy groups -OCH3 is 1. The van der Waals surface area contributed by atoms with E-state index in [9.17, 15) is 0 Å². The molecule has 0 unspecified atom stereocenters. The number of ether oxygens (including phenoxy) is 1. The van der Waals surface area contributed by atoms with Crippen LogP contribution in [-0.2, 0) is 4.74 Å². The second-order valence-corrected chi connectivity index (χ2v) is 4.41. The summed E-state index contributed by atoms with van der Waals surface area (Å²) in [6.07, 6.45) is 0. The standard InChI is InChI=1S/C10H14BrClN4O/c1-17-5-4-14-10(16-13)15-9-6-7(12)2-3-8(9)11/h2-3,6H,4-5,13H2,1H3,(H2,14,15,16). The summed E-state index contributed by atoms with van der Waals surface area (Å²) < 4.78 is 5.77. The Hall–Kier alpha value is -0.820. The first-order valence-corrected chi connectivity index (χ1v) is 6.06. The Morgan fingerprint density at radius 3 is 3.00 bits per heavy atom. The molecule has 1 rings (SSSR count). The molecule has 94 valence electrons. The minimum atomic E-state index is 0.449. The predicted molar refractivity (Wildman–Crippen MR) is 74.3 cm³/mol. The first-order valence-electron chi connectivity index (χ1n) is 4.89. The van der Waals surface area contributed by atoms with Crippen LogP contribution in [0.1, 0.15) is 0 Å². The molecule has 0 aliphatic heterocycles. The number of nitrogens with two attached hydrogens (primary N) is 1. The quantitative estimate of drug-likeness (QED) is 0.261. The van der Waals surface area contributed by atoms with Crippen LogP contribution in [-0.4, -0.2) is 26.2 Å². The molecular formula is C10H14BrClN4O. The molecule has 0 aromatic heterocycles. The predicted octanol–water partition coefficient (Wildman–Crippen LogP) is 1.98. The van der Waals surface area contributed by atoms with Crippen LogP contribution in [0.2, 0.25) is 5.02 Å². The molecule has 0 aliphatic carbocycles. The van der Waals surface area contributed by atoms with Gasteiger partial charge in [0.05, 0.1) is 18.8 Å². The first kappa shape index (κ1) is 14.2. The molecule has 1 aromatic rings. The minimum Gasteiger partial charge on any atom is -0.383 e. The normalized spacial score (nSPS) is 11.4. The smallest absolute Gasteiger partial charge is 0.210 e. The molecule has 0 saturated carbocycles. The second kappa shape index (κ2) is 7.50. The summed E-state index contributed by atoms with van der Waals surface area (Å²) in [7, 11) is 1.62. The topological polar surface area (TPSA) is 71.7 Å². The number of benzene rings is 1. The number of guanidine groups is 1. The van der Waals surface area contributed by atoms with E-state index >= 15 is 0 Å². The molecule has 17 heavy (non-hydrogen) atoms. The highest BCUT2D eigenvalue weighted by Crippen LogP contribution is 2.25. The number of nitrogens with one attached hydrogen (secondary N) is 2. The number of hydrazine groups is 1. The molecule has 0 atom stereocenters. The van der Waals surface area contributed by atoms with Crippen molar-refractivity contribution >= 4 is 39.2 Å². The van der Waals surface area contributed by atoms with Gasteiger partial charge in [0.2, 0.25) is 5.96 Å². The van der Waals surface area contributed by atoms with E-state index in [1.165, 1.54) is 0 Å². The van der Waals surface area contributed by atoms with Gasteiger partial charge in [0.25, 0.3) is 0 Å². The summed E-state index contributed by atoms with van der Waals surface area (Å²) in [5.74, 6) is 5.81. The molecule has 0 heterocycles. The van der Waals surface area contributed by atoms with Crippen molar-refractivity contribution in [1.29, 1.82) is 0 Å². The largest absolute Gasteiger partial charge is 0.383 e. The summed E-state index contributed by atoms with van der Waals surface area (Å²) in [5.41, 5.74) is 3.26. The molecule has 0 spiro atoms. The third-order valence-electron chi connectivity index (χ3n) is 1.88. The Balaban J connectivity index is 2.73. The van der Waals surface area contributed by atoms with Gasteiger partial charge in [0, 0.05) is 16.6 Å². The number of hydrogen-bond acceptors (Lipinski definition) is 3. The molecule has 0 fully saturated rings. The van der Waals surface area contributed by atoms with Crippen molar-refractivity contribution in [2.75, 3.05) is 25.6 Å². The van der Waals surface area contributed by atoms with E-state index in [2.05, 4.69) is 31.7 Å². The number of hydrogen-bond donors (Lipinski definition) is 3. The number of rotatable bonds is 4. The van der Waals surface area contributed by atoms with Crippen molar-refractivity contribution in [3.8, 4) is 0 Å². The lowest BCUT2D eigenvalue weighted by molar-refractivity contribution is 0.208. The molecule has 0 amide bonds. The maximum Gasteiger partial charge on any atom is 0.210 e. The van der Waals surface area contributed by atoms with Crippen molar-refractivity contribution < 1.29 is 4.74 Å². The first-order chi connectivity index (χ1) is 8.17. The van der Waals surface area contributed by atoms with Gasteiger partial charge in [-0.15, -0.1) is 0 Å². The zero-order chi connectivity index (χ0) is 12.7. The fourth-order valence-electron chi connectivity index (χ4n) is 1.09. The van der Waals surface area contributed by atoms with Gasteiger partial charge in [0.1, 0.15) is 0 Å². The van der Waals surface area contributed by atoms with Crippen molar-refractivity contribution in [2.45, 2.75) is 0 Å². The van der Waals surface area contributed by atoms with Crippen molar-refractivity contribution in [3.63, 3.8) is 0 Å². The third kappa shape index (κ3) is 4.91. The van der Waals surface area contributed by atoms with Crippen LogP contribution in [0.3, 0.4) is 0 Å². The van der Waals surface area contributed by atoms with E-state index in [-0.39, 0.29) is 0 Å². The fraction of sp³-hybridized carbons (Fsp3) is 0.300. The molecule has 1 aromatic carbocycles. The molecule has 7 heteroatoms. The zero-order valence-corrected chi connectivity index (χ0v) is 11.7. The molecule has 0 radical (unpaired) electrons. The van der Waals surface area contributed by atoms with E-state index in [1.807, 2.05) is 6.07 Å². The lowest BCUT2D eigenvalue weighted by atomic mass is 10.3. The number of halogens is 2. The highest BCUT2D eigenvalue weighted by atomic mass is 79.9. The molecule has 0 aliphatic rings. The van der Waals surface area contributed by atoms with Crippen molar-refractivity contribution in [2.24, 2.45) is 10.8 Å².